The third-order valence-electron chi connectivity index (χ3n) is 3.29. The van der Waals surface area contributed by atoms with E-state index in [2.05, 4.69) is 22.3 Å². The minimum Gasteiger partial charge on any atom is -0.319 e. The molecule has 1 atom stereocenters. The zero-order valence-electron chi connectivity index (χ0n) is 9.11. The Morgan fingerprint density at radius 3 is 2.81 bits per heavy atom. The van der Waals surface area contributed by atoms with Crippen LogP contribution in [0.25, 0.3) is 0 Å². The second-order valence-electron chi connectivity index (χ2n) is 4.31. The molecule has 0 radical (unpaired) electrons. The van der Waals surface area contributed by atoms with Crippen molar-refractivity contribution in [3.8, 4) is 0 Å². The van der Waals surface area contributed by atoms with Gasteiger partial charge in [0.15, 0.2) is 0 Å². The zero-order valence-corrected chi connectivity index (χ0v) is 9.11. The van der Waals surface area contributed by atoms with Crippen LogP contribution >= 0.6 is 0 Å². The van der Waals surface area contributed by atoms with E-state index in [-0.39, 0.29) is 6.04 Å². The highest BCUT2D eigenvalue weighted by Gasteiger charge is 2.22. The maximum atomic E-state index is 6.25. The van der Waals surface area contributed by atoms with Gasteiger partial charge in [-0.15, -0.1) is 0 Å². The number of benzene rings is 1. The van der Waals surface area contributed by atoms with E-state index in [1.807, 2.05) is 18.2 Å². The summed E-state index contributed by atoms with van der Waals surface area (Å²) in [6.45, 7) is 0. The lowest BCUT2D eigenvalue weighted by atomic mass is 10.0. The van der Waals surface area contributed by atoms with Crippen LogP contribution in [0.1, 0.15) is 35.0 Å². The molecule has 1 aliphatic rings. The normalized spacial score (nSPS) is 16.1. The Hall–Kier alpha value is -1.61. The van der Waals surface area contributed by atoms with Crippen molar-refractivity contribution < 1.29 is 0 Å². The van der Waals surface area contributed by atoms with Crippen molar-refractivity contribution in [2.75, 3.05) is 0 Å². The molecule has 0 saturated heterocycles. The Morgan fingerprint density at radius 1 is 1.19 bits per heavy atom. The van der Waals surface area contributed by atoms with E-state index in [0.29, 0.717) is 0 Å². The lowest BCUT2D eigenvalue weighted by molar-refractivity contribution is 0.777. The van der Waals surface area contributed by atoms with Gasteiger partial charge in [-0.1, -0.05) is 30.3 Å². The van der Waals surface area contributed by atoms with Gasteiger partial charge in [0, 0.05) is 5.69 Å². The summed E-state index contributed by atoms with van der Waals surface area (Å²) in [5, 5.41) is 7.47. The predicted molar refractivity (Wildman–Crippen MR) is 63.1 cm³/mol. The highest BCUT2D eigenvalue weighted by atomic mass is 15.1. The van der Waals surface area contributed by atoms with Gasteiger partial charge in [-0.05, 0) is 30.4 Å². The maximum Gasteiger partial charge on any atom is 0.0869 e. The van der Waals surface area contributed by atoms with E-state index in [4.69, 9.17) is 5.73 Å². The van der Waals surface area contributed by atoms with Crippen molar-refractivity contribution in [3.63, 3.8) is 0 Å². The molecule has 2 aromatic rings. The van der Waals surface area contributed by atoms with Crippen LogP contribution in [0.15, 0.2) is 30.3 Å². The number of H-pyrrole nitrogens is 1. The number of aromatic nitrogens is 2. The fourth-order valence-electron chi connectivity index (χ4n) is 2.42. The molecule has 1 aliphatic carbocycles. The van der Waals surface area contributed by atoms with Crippen molar-refractivity contribution in [2.24, 2.45) is 5.73 Å². The molecule has 1 heterocycles. The Bertz CT molecular complexity index is 487. The molecule has 0 saturated carbocycles. The van der Waals surface area contributed by atoms with Gasteiger partial charge in [0.1, 0.15) is 0 Å². The average Bonchev–Trinajstić information content (AvgIpc) is 2.91. The molecular formula is C13H15N3. The van der Waals surface area contributed by atoms with E-state index in [1.165, 1.54) is 17.7 Å². The maximum absolute atomic E-state index is 6.25. The summed E-state index contributed by atoms with van der Waals surface area (Å²) in [5.41, 5.74) is 11.0. The first-order chi connectivity index (χ1) is 7.86. The summed E-state index contributed by atoms with van der Waals surface area (Å²) < 4.78 is 0. The van der Waals surface area contributed by atoms with Gasteiger partial charge in [0.05, 0.1) is 11.7 Å². The van der Waals surface area contributed by atoms with Crippen LogP contribution in [0, 0.1) is 0 Å². The number of nitrogens with zero attached hydrogens (tertiary/aromatic N) is 1. The number of hydrogen-bond acceptors (Lipinski definition) is 2. The Balaban J connectivity index is 1.98. The summed E-state index contributed by atoms with van der Waals surface area (Å²) in [4.78, 5) is 0. The van der Waals surface area contributed by atoms with Gasteiger partial charge in [0.2, 0.25) is 0 Å². The molecule has 1 unspecified atom stereocenters. The van der Waals surface area contributed by atoms with Gasteiger partial charge in [-0.25, -0.2) is 0 Å². The summed E-state index contributed by atoms with van der Waals surface area (Å²) in [6, 6.07) is 10.1. The van der Waals surface area contributed by atoms with Crippen LogP contribution in [0.5, 0.6) is 0 Å². The monoisotopic (exact) mass is 213 g/mol. The molecule has 1 aromatic carbocycles. The summed E-state index contributed by atoms with van der Waals surface area (Å²) in [7, 11) is 0. The van der Waals surface area contributed by atoms with Crippen LogP contribution < -0.4 is 5.73 Å². The van der Waals surface area contributed by atoms with Crippen LogP contribution in [0.4, 0.5) is 0 Å². The van der Waals surface area contributed by atoms with Crippen molar-refractivity contribution in [1.82, 2.24) is 10.2 Å². The standard InChI is InChI=1S/C13H15N3/c14-12(9-5-2-1-3-6-9)13-10-7-4-8-11(10)15-16-13/h1-3,5-6,12H,4,7-8,14H2,(H,15,16). The molecule has 1 aromatic heterocycles. The Kier molecular flexibility index (Phi) is 2.26. The van der Waals surface area contributed by atoms with E-state index in [0.717, 1.165) is 24.1 Å². The second kappa shape index (κ2) is 3.76. The van der Waals surface area contributed by atoms with Crippen molar-refractivity contribution in [1.29, 1.82) is 0 Å². The molecule has 0 spiro atoms. The smallest absolute Gasteiger partial charge is 0.0869 e. The third kappa shape index (κ3) is 1.44. The van der Waals surface area contributed by atoms with Crippen molar-refractivity contribution in [2.45, 2.75) is 25.3 Å². The third-order valence-corrected chi connectivity index (χ3v) is 3.29. The van der Waals surface area contributed by atoms with E-state index < -0.39 is 0 Å². The van der Waals surface area contributed by atoms with Gasteiger partial charge < -0.3 is 5.73 Å². The van der Waals surface area contributed by atoms with Crippen molar-refractivity contribution >= 4 is 0 Å². The van der Waals surface area contributed by atoms with E-state index >= 15 is 0 Å². The molecule has 16 heavy (non-hydrogen) atoms. The molecule has 0 amide bonds. The second-order valence-corrected chi connectivity index (χ2v) is 4.31. The Morgan fingerprint density at radius 2 is 2.00 bits per heavy atom. The van der Waals surface area contributed by atoms with E-state index in [9.17, 15) is 0 Å². The lowest BCUT2D eigenvalue weighted by Crippen LogP contribution is -2.13. The van der Waals surface area contributed by atoms with Crippen LogP contribution in [-0.2, 0) is 12.8 Å². The van der Waals surface area contributed by atoms with Gasteiger partial charge in [-0.3, -0.25) is 5.10 Å². The quantitative estimate of drug-likeness (QED) is 0.801. The van der Waals surface area contributed by atoms with Gasteiger partial charge in [0.25, 0.3) is 0 Å². The fraction of sp³-hybridized carbons (Fsp3) is 0.308. The van der Waals surface area contributed by atoms with Crippen LogP contribution in [-0.4, -0.2) is 10.2 Å². The first kappa shape index (κ1) is 9.60. The highest BCUT2D eigenvalue weighted by Crippen LogP contribution is 2.28. The lowest BCUT2D eigenvalue weighted by Gasteiger charge is -2.10. The predicted octanol–water partition coefficient (Wildman–Crippen LogP) is 1.95. The molecule has 3 heteroatoms. The minimum absolute atomic E-state index is 0.0979. The summed E-state index contributed by atoms with van der Waals surface area (Å²) in [5.74, 6) is 0. The first-order valence-corrected chi connectivity index (χ1v) is 5.73. The van der Waals surface area contributed by atoms with Crippen molar-refractivity contribution in [3.05, 3.63) is 52.8 Å². The number of nitrogens with two attached hydrogens (primary N) is 1. The van der Waals surface area contributed by atoms with Gasteiger partial charge in [-0.2, -0.15) is 5.10 Å². The molecule has 3 N–H and O–H groups in total. The molecule has 0 fully saturated rings. The topological polar surface area (TPSA) is 54.7 Å². The number of fused-ring (bicyclic) bond motifs is 1. The summed E-state index contributed by atoms with van der Waals surface area (Å²) in [6.07, 6.45) is 3.45. The van der Waals surface area contributed by atoms with Crippen LogP contribution in [0.3, 0.4) is 0 Å². The number of hydrogen-bond donors (Lipinski definition) is 2. The fourth-order valence-corrected chi connectivity index (χ4v) is 2.42. The first-order valence-electron chi connectivity index (χ1n) is 5.73. The molecule has 3 rings (SSSR count). The van der Waals surface area contributed by atoms with E-state index in [1.54, 1.807) is 0 Å². The number of aromatic amines is 1. The molecular weight excluding hydrogens is 198 g/mol. The average molecular weight is 213 g/mol. The zero-order chi connectivity index (χ0) is 11.0. The summed E-state index contributed by atoms with van der Waals surface area (Å²) >= 11 is 0. The minimum atomic E-state index is -0.0979. The largest absolute Gasteiger partial charge is 0.319 e. The number of aryl methyl sites for hydroxylation is 1. The number of rotatable bonds is 2. The molecule has 0 bridgehead atoms. The van der Waals surface area contributed by atoms with Crippen LogP contribution in [0.2, 0.25) is 0 Å². The highest BCUT2D eigenvalue weighted by molar-refractivity contribution is 5.36. The Labute approximate surface area is 94.7 Å². The van der Waals surface area contributed by atoms with Gasteiger partial charge >= 0.3 is 0 Å². The molecule has 3 nitrogen and oxygen atoms in total. The SMILES string of the molecule is NC(c1ccccc1)c1n[nH]c2c1CCC2. The molecule has 82 valence electrons. The number of nitrogens with one attached hydrogen (secondary N) is 1. The molecule has 0 aliphatic heterocycles.